The van der Waals surface area contributed by atoms with Crippen molar-refractivity contribution in [3.8, 4) is 5.75 Å². The highest BCUT2D eigenvalue weighted by Crippen LogP contribution is 2.34. The van der Waals surface area contributed by atoms with E-state index in [-0.39, 0.29) is 11.7 Å². The smallest absolute Gasteiger partial charge is 0.301 e. The number of imide groups is 1. The third kappa shape index (κ3) is 2.96. The number of hydrogen-bond donors (Lipinski definition) is 1. The highest BCUT2D eigenvalue weighted by molar-refractivity contribution is 6.45. The van der Waals surface area contributed by atoms with Gasteiger partial charge < -0.3 is 9.84 Å². The molecular formula is C21H21NO4. The van der Waals surface area contributed by atoms with E-state index >= 15 is 0 Å². The lowest BCUT2D eigenvalue weighted by molar-refractivity contribution is -0.121. The van der Waals surface area contributed by atoms with Crippen molar-refractivity contribution in [2.75, 3.05) is 4.90 Å². The van der Waals surface area contributed by atoms with Gasteiger partial charge in [0.05, 0.1) is 17.4 Å². The normalized spacial score (nSPS) is 14.6. The fourth-order valence-electron chi connectivity index (χ4n) is 2.95. The fourth-order valence-corrected chi connectivity index (χ4v) is 2.95. The van der Waals surface area contributed by atoms with E-state index in [4.69, 9.17) is 4.74 Å². The number of rotatable bonds is 4. The largest absolute Gasteiger partial charge is 0.502 e. The molecule has 2 aromatic carbocycles. The van der Waals surface area contributed by atoms with E-state index < -0.39 is 17.6 Å². The average Bonchev–Trinajstić information content (AvgIpc) is 2.81. The molecule has 0 unspecified atom stereocenters. The summed E-state index contributed by atoms with van der Waals surface area (Å²) in [4.78, 5) is 26.5. The van der Waals surface area contributed by atoms with Crippen molar-refractivity contribution in [2.45, 2.75) is 33.8 Å². The maximum atomic E-state index is 12.9. The minimum Gasteiger partial charge on any atom is -0.502 e. The first-order valence-electron chi connectivity index (χ1n) is 8.46. The van der Waals surface area contributed by atoms with Crippen molar-refractivity contribution in [2.24, 2.45) is 0 Å². The SMILES string of the molecule is Cc1cccc(N2C(=O)C(O)=C(c3ccc(OC(C)C)cc3)C2=O)c1C. The first-order valence-corrected chi connectivity index (χ1v) is 8.46. The van der Waals surface area contributed by atoms with Gasteiger partial charge in [0.15, 0.2) is 5.76 Å². The monoisotopic (exact) mass is 351 g/mol. The number of aliphatic hydroxyl groups is 1. The van der Waals surface area contributed by atoms with Crippen molar-refractivity contribution in [1.29, 1.82) is 0 Å². The zero-order valence-corrected chi connectivity index (χ0v) is 15.2. The molecule has 26 heavy (non-hydrogen) atoms. The zero-order valence-electron chi connectivity index (χ0n) is 15.2. The van der Waals surface area contributed by atoms with Gasteiger partial charge in [-0.15, -0.1) is 0 Å². The molecule has 0 radical (unpaired) electrons. The number of aryl methyl sites for hydroxylation is 1. The van der Waals surface area contributed by atoms with Crippen LogP contribution in [0.4, 0.5) is 5.69 Å². The van der Waals surface area contributed by atoms with Gasteiger partial charge in [-0.05, 0) is 62.6 Å². The Morgan fingerprint density at radius 3 is 2.23 bits per heavy atom. The summed E-state index contributed by atoms with van der Waals surface area (Å²) in [7, 11) is 0. The fraction of sp³-hybridized carbons (Fsp3) is 0.238. The first-order chi connectivity index (χ1) is 12.3. The van der Waals surface area contributed by atoms with Crippen LogP contribution in [0, 0.1) is 13.8 Å². The molecular weight excluding hydrogens is 330 g/mol. The molecule has 0 saturated carbocycles. The number of carbonyl (C=O) groups excluding carboxylic acids is 2. The van der Waals surface area contributed by atoms with Gasteiger partial charge in [0.25, 0.3) is 5.91 Å². The molecule has 2 aromatic rings. The lowest BCUT2D eigenvalue weighted by Crippen LogP contribution is -2.32. The molecule has 2 amide bonds. The molecule has 0 aromatic heterocycles. The van der Waals surface area contributed by atoms with Crippen LogP contribution in [-0.2, 0) is 9.59 Å². The van der Waals surface area contributed by atoms with Crippen LogP contribution in [0.5, 0.6) is 5.75 Å². The third-order valence-corrected chi connectivity index (χ3v) is 4.39. The molecule has 5 nitrogen and oxygen atoms in total. The molecule has 5 heteroatoms. The van der Waals surface area contributed by atoms with Crippen molar-refractivity contribution in [3.63, 3.8) is 0 Å². The minimum atomic E-state index is -0.707. The van der Waals surface area contributed by atoms with Gasteiger partial charge in [0, 0.05) is 0 Å². The molecule has 1 aliphatic rings. The lowest BCUT2D eigenvalue weighted by Gasteiger charge is -2.18. The van der Waals surface area contributed by atoms with E-state index in [1.807, 2.05) is 33.8 Å². The van der Waals surface area contributed by atoms with Crippen LogP contribution in [-0.4, -0.2) is 23.0 Å². The molecule has 1 aliphatic heterocycles. The van der Waals surface area contributed by atoms with Crippen LogP contribution in [0.25, 0.3) is 5.57 Å². The summed E-state index contributed by atoms with van der Waals surface area (Å²) in [6, 6.07) is 12.2. The van der Waals surface area contributed by atoms with Gasteiger partial charge >= 0.3 is 5.91 Å². The van der Waals surface area contributed by atoms with E-state index in [1.165, 1.54) is 0 Å². The Kier molecular flexibility index (Phi) is 4.55. The van der Waals surface area contributed by atoms with Gasteiger partial charge in [-0.2, -0.15) is 0 Å². The van der Waals surface area contributed by atoms with Crippen molar-refractivity contribution in [1.82, 2.24) is 0 Å². The topological polar surface area (TPSA) is 66.8 Å². The van der Waals surface area contributed by atoms with Gasteiger partial charge in [-0.1, -0.05) is 24.3 Å². The summed E-state index contributed by atoms with van der Waals surface area (Å²) in [5.41, 5.74) is 2.76. The molecule has 0 spiro atoms. The second-order valence-corrected chi connectivity index (χ2v) is 6.58. The molecule has 1 N–H and O–H groups in total. The Bertz CT molecular complexity index is 910. The molecule has 0 bridgehead atoms. The number of benzene rings is 2. The minimum absolute atomic E-state index is 0.00648. The highest BCUT2D eigenvalue weighted by atomic mass is 16.5. The number of carbonyl (C=O) groups is 2. The Hall–Kier alpha value is -3.08. The van der Waals surface area contributed by atoms with Crippen molar-refractivity contribution >= 4 is 23.1 Å². The summed E-state index contributed by atoms with van der Waals surface area (Å²) in [6.45, 7) is 7.59. The Morgan fingerprint density at radius 2 is 1.62 bits per heavy atom. The molecule has 0 atom stereocenters. The van der Waals surface area contributed by atoms with E-state index in [0.29, 0.717) is 17.0 Å². The van der Waals surface area contributed by atoms with E-state index in [1.54, 1.807) is 36.4 Å². The maximum Gasteiger partial charge on any atom is 0.301 e. The summed E-state index contributed by atoms with van der Waals surface area (Å²) in [5.74, 6) is -1.11. The van der Waals surface area contributed by atoms with Gasteiger partial charge in [0.2, 0.25) is 0 Å². The second-order valence-electron chi connectivity index (χ2n) is 6.58. The van der Waals surface area contributed by atoms with Gasteiger partial charge in [-0.3, -0.25) is 9.59 Å². The number of amides is 2. The second kappa shape index (κ2) is 6.67. The van der Waals surface area contributed by atoms with Crippen LogP contribution >= 0.6 is 0 Å². The number of nitrogens with zero attached hydrogens (tertiary/aromatic N) is 1. The summed E-state index contributed by atoms with van der Waals surface area (Å²) in [5, 5.41) is 10.3. The number of aliphatic hydroxyl groups excluding tert-OH is 1. The van der Waals surface area contributed by atoms with Crippen LogP contribution in [0.15, 0.2) is 48.2 Å². The van der Waals surface area contributed by atoms with Crippen molar-refractivity contribution < 1.29 is 19.4 Å². The Labute approximate surface area is 152 Å². The predicted octanol–water partition coefficient (Wildman–Crippen LogP) is 3.93. The van der Waals surface area contributed by atoms with E-state index in [9.17, 15) is 14.7 Å². The summed E-state index contributed by atoms with van der Waals surface area (Å²) < 4.78 is 5.59. The number of ether oxygens (including phenoxy) is 1. The molecule has 134 valence electrons. The number of hydrogen-bond acceptors (Lipinski definition) is 4. The lowest BCUT2D eigenvalue weighted by atomic mass is 10.0. The standard InChI is InChI=1S/C21H21NO4/c1-12(2)26-16-10-8-15(9-11-16)18-19(23)21(25)22(20(18)24)17-7-5-6-13(3)14(17)4/h5-12,23H,1-4H3. The summed E-state index contributed by atoms with van der Waals surface area (Å²) >= 11 is 0. The first kappa shape index (κ1) is 17.7. The van der Waals surface area contributed by atoms with E-state index in [2.05, 4.69) is 0 Å². The molecule has 0 fully saturated rings. The number of anilines is 1. The van der Waals surface area contributed by atoms with Crippen LogP contribution in [0.1, 0.15) is 30.5 Å². The molecule has 0 saturated heterocycles. The molecule has 0 aliphatic carbocycles. The Balaban J connectivity index is 1.98. The zero-order chi connectivity index (χ0) is 19.0. The van der Waals surface area contributed by atoms with E-state index in [0.717, 1.165) is 16.0 Å². The highest BCUT2D eigenvalue weighted by Gasteiger charge is 2.40. The molecule has 3 rings (SSSR count). The Morgan fingerprint density at radius 1 is 0.962 bits per heavy atom. The van der Waals surface area contributed by atoms with Crippen LogP contribution < -0.4 is 9.64 Å². The van der Waals surface area contributed by atoms with Crippen LogP contribution in [0.2, 0.25) is 0 Å². The predicted molar refractivity (Wildman–Crippen MR) is 100 cm³/mol. The average molecular weight is 351 g/mol. The van der Waals surface area contributed by atoms with Crippen molar-refractivity contribution in [3.05, 3.63) is 64.9 Å². The summed E-state index contributed by atoms with van der Waals surface area (Å²) in [6.07, 6.45) is 0.0305. The molecule has 1 heterocycles. The van der Waals surface area contributed by atoms with Gasteiger partial charge in [0.1, 0.15) is 5.75 Å². The quantitative estimate of drug-likeness (QED) is 0.848. The maximum absolute atomic E-state index is 12.9. The third-order valence-electron chi connectivity index (χ3n) is 4.39. The van der Waals surface area contributed by atoms with Crippen LogP contribution in [0.3, 0.4) is 0 Å². The van der Waals surface area contributed by atoms with Gasteiger partial charge in [-0.25, -0.2) is 4.90 Å².